The topological polar surface area (TPSA) is 78.3 Å². The third-order valence-corrected chi connectivity index (χ3v) is 3.79. The van der Waals surface area contributed by atoms with Gasteiger partial charge in [-0.3, -0.25) is 14.7 Å². The number of hydrogen-bond acceptors (Lipinski definition) is 4. The molecule has 0 bridgehead atoms. The average Bonchev–Trinajstić information content (AvgIpc) is 2.77. The zero-order chi connectivity index (χ0) is 15.9. The largest absolute Gasteiger partial charge is 0.420 e. The molecule has 0 fully saturated rings. The number of hydrogen-bond donors (Lipinski definition) is 0. The van der Waals surface area contributed by atoms with Crippen LogP contribution in [0, 0.1) is 10.1 Å². The Kier molecular flexibility index (Phi) is 3.64. The van der Waals surface area contributed by atoms with Crippen LogP contribution in [-0.2, 0) is 6.54 Å². The van der Waals surface area contributed by atoms with Crippen molar-refractivity contribution in [1.29, 1.82) is 0 Å². The van der Waals surface area contributed by atoms with Gasteiger partial charge in [0.15, 0.2) is 5.58 Å². The minimum Gasteiger partial charge on any atom is -0.408 e. The Labute approximate surface area is 133 Å². The summed E-state index contributed by atoms with van der Waals surface area (Å²) in [4.78, 5) is 22.3. The van der Waals surface area contributed by atoms with Gasteiger partial charge in [-0.05, 0) is 23.8 Å². The van der Waals surface area contributed by atoms with Crippen LogP contribution in [0.1, 0.15) is 5.56 Å². The Bertz CT molecular complexity index is 946. The zero-order valence-corrected chi connectivity index (χ0v) is 12.5. The van der Waals surface area contributed by atoms with Gasteiger partial charge in [-0.15, -0.1) is 0 Å². The normalized spacial score (nSPS) is 11.0. The zero-order valence-electron chi connectivity index (χ0n) is 11.0. The lowest BCUT2D eigenvalue weighted by Crippen LogP contribution is -2.15. The maximum atomic E-state index is 12.0. The van der Waals surface area contributed by atoms with E-state index in [2.05, 4.69) is 0 Å². The monoisotopic (exact) mass is 338 g/mol. The summed E-state index contributed by atoms with van der Waals surface area (Å²) < 4.78 is 6.37. The molecule has 8 heteroatoms. The third-order valence-electron chi connectivity index (χ3n) is 3.21. The summed E-state index contributed by atoms with van der Waals surface area (Å²) in [6, 6.07) is 8.88. The first-order valence-corrected chi connectivity index (χ1v) is 6.93. The molecule has 0 aliphatic carbocycles. The highest BCUT2D eigenvalue weighted by atomic mass is 35.5. The maximum absolute atomic E-state index is 12.0. The highest BCUT2D eigenvalue weighted by molar-refractivity contribution is 6.35. The van der Waals surface area contributed by atoms with Crippen molar-refractivity contribution in [3.63, 3.8) is 0 Å². The Balaban J connectivity index is 2.13. The summed E-state index contributed by atoms with van der Waals surface area (Å²) >= 11 is 11.9. The predicted octanol–water partition coefficient (Wildman–Crippen LogP) is 3.86. The van der Waals surface area contributed by atoms with E-state index in [0.29, 0.717) is 21.1 Å². The van der Waals surface area contributed by atoms with Gasteiger partial charge in [0.2, 0.25) is 0 Å². The first-order valence-electron chi connectivity index (χ1n) is 6.17. The molecule has 0 aliphatic heterocycles. The predicted molar refractivity (Wildman–Crippen MR) is 82.7 cm³/mol. The van der Waals surface area contributed by atoms with Crippen LogP contribution in [0.25, 0.3) is 11.1 Å². The molecule has 0 unspecified atom stereocenters. The second kappa shape index (κ2) is 5.47. The summed E-state index contributed by atoms with van der Waals surface area (Å²) in [7, 11) is 0. The van der Waals surface area contributed by atoms with Gasteiger partial charge in [-0.25, -0.2) is 4.79 Å². The quantitative estimate of drug-likeness (QED) is 0.536. The second-order valence-electron chi connectivity index (χ2n) is 4.60. The Morgan fingerprint density at radius 3 is 2.64 bits per heavy atom. The van der Waals surface area contributed by atoms with Crippen molar-refractivity contribution in [2.45, 2.75) is 6.54 Å². The second-order valence-corrected chi connectivity index (χ2v) is 5.44. The van der Waals surface area contributed by atoms with Gasteiger partial charge in [0, 0.05) is 22.2 Å². The molecule has 2 aromatic carbocycles. The SMILES string of the molecule is O=c1oc2ccc([N+](=O)[O-])cc2n1Cc1ccc(Cl)cc1Cl. The number of nitro benzene ring substituents is 1. The Morgan fingerprint density at radius 2 is 1.95 bits per heavy atom. The van der Waals surface area contributed by atoms with E-state index in [9.17, 15) is 14.9 Å². The lowest BCUT2D eigenvalue weighted by atomic mass is 10.2. The van der Waals surface area contributed by atoms with Gasteiger partial charge in [0.25, 0.3) is 5.69 Å². The molecule has 0 saturated carbocycles. The number of rotatable bonds is 3. The fraction of sp³-hybridized carbons (Fsp3) is 0.0714. The molecule has 3 rings (SSSR count). The smallest absolute Gasteiger partial charge is 0.408 e. The molecule has 6 nitrogen and oxygen atoms in total. The number of halogens is 2. The van der Waals surface area contributed by atoms with Crippen LogP contribution >= 0.6 is 23.2 Å². The fourth-order valence-corrected chi connectivity index (χ4v) is 2.60. The molecule has 0 saturated heterocycles. The Morgan fingerprint density at radius 1 is 1.18 bits per heavy atom. The van der Waals surface area contributed by atoms with Crippen LogP contribution in [0.2, 0.25) is 10.0 Å². The third kappa shape index (κ3) is 2.58. The standard InChI is InChI=1S/C14H8Cl2N2O4/c15-9-2-1-8(11(16)5-9)7-17-12-6-10(18(20)21)3-4-13(12)22-14(17)19/h1-6H,7H2. The van der Waals surface area contributed by atoms with E-state index in [-0.39, 0.29) is 17.8 Å². The maximum Gasteiger partial charge on any atom is 0.420 e. The molecule has 22 heavy (non-hydrogen) atoms. The van der Waals surface area contributed by atoms with Crippen molar-refractivity contribution in [1.82, 2.24) is 4.57 Å². The Hall–Kier alpha value is -2.31. The van der Waals surface area contributed by atoms with Crippen LogP contribution in [0.5, 0.6) is 0 Å². The van der Waals surface area contributed by atoms with Crippen molar-refractivity contribution in [3.05, 3.63) is 72.7 Å². The molecule has 0 amide bonds. The van der Waals surface area contributed by atoms with Crippen molar-refractivity contribution >= 4 is 40.0 Å². The van der Waals surface area contributed by atoms with Gasteiger partial charge in [-0.2, -0.15) is 0 Å². The molecule has 0 atom stereocenters. The van der Waals surface area contributed by atoms with Crippen molar-refractivity contribution in [2.75, 3.05) is 0 Å². The molecule has 112 valence electrons. The average molecular weight is 339 g/mol. The molecule has 1 heterocycles. The highest BCUT2D eigenvalue weighted by Gasteiger charge is 2.15. The highest BCUT2D eigenvalue weighted by Crippen LogP contribution is 2.24. The molecule has 1 aromatic heterocycles. The number of benzene rings is 2. The van der Waals surface area contributed by atoms with E-state index in [4.69, 9.17) is 27.6 Å². The lowest BCUT2D eigenvalue weighted by molar-refractivity contribution is -0.384. The van der Waals surface area contributed by atoms with Gasteiger partial charge >= 0.3 is 5.76 Å². The number of nitro groups is 1. The molecular formula is C14H8Cl2N2O4. The number of aromatic nitrogens is 1. The van der Waals surface area contributed by atoms with Gasteiger partial charge < -0.3 is 4.42 Å². The molecule has 0 spiro atoms. The van der Waals surface area contributed by atoms with Crippen LogP contribution < -0.4 is 5.76 Å². The number of non-ortho nitro benzene ring substituents is 1. The number of nitrogens with zero attached hydrogens (tertiary/aromatic N) is 2. The fourth-order valence-electron chi connectivity index (χ4n) is 2.13. The molecular weight excluding hydrogens is 331 g/mol. The van der Waals surface area contributed by atoms with E-state index in [1.807, 2.05) is 0 Å². The minimum atomic E-state index is -0.610. The van der Waals surface area contributed by atoms with Crippen LogP contribution in [-0.4, -0.2) is 9.49 Å². The van der Waals surface area contributed by atoms with Crippen molar-refractivity contribution in [3.8, 4) is 0 Å². The summed E-state index contributed by atoms with van der Waals surface area (Å²) in [5, 5.41) is 11.7. The van der Waals surface area contributed by atoms with Gasteiger partial charge in [0.05, 0.1) is 17.0 Å². The first-order chi connectivity index (χ1) is 10.5. The van der Waals surface area contributed by atoms with E-state index < -0.39 is 10.7 Å². The van der Waals surface area contributed by atoms with E-state index in [1.165, 1.54) is 22.8 Å². The summed E-state index contributed by atoms with van der Waals surface area (Å²) in [5.74, 6) is -0.610. The van der Waals surface area contributed by atoms with Crippen LogP contribution in [0.4, 0.5) is 5.69 Å². The number of fused-ring (bicyclic) bond motifs is 1. The minimum absolute atomic E-state index is 0.121. The van der Waals surface area contributed by atoms with Crippen molar-refractivity contribution < 1.29 is 9.34 Å². The molecule has 0 aliphatic rings. The van der Waals surface area contributed by atoms with E-state index in [1.54, 1.807) is 18.2 Å². The van der Waals surface area contributed by atoms with Gasteiger partial charge in [0.1, 0.15) is 0 Å². The molecule has 0 radical (unpaired) electrons. The van der Waals surface area contributed by atoms with Crippen molar-refractivity contribution in [2.24, 2.45) is 0 Å². The molecule has 3 aromatic rings. The van der Waals surface area contributed by atoms with Crippen LogP contribution in [0.15, 0.2) is 45.6 Å². The first kappa shape index (κ1) is 14.6. The summed E-state index contributed by atoms with van der Waals surface area (Å²) in [6.07, 6.45) is 0. The van der Waals surface area contributed by atoms with Crippen LogP contribution in [0.3, 0.4) is 0 Å². The summed E-state index contributed by atoms with van der Waals surface area (Å²) in [5.41, 5.74) is 1.15. The van der Waals surface area contributed by atoms with Gasteiger partial charge in [-0.1, -0.05) is 29.3 Å². The van der Waals surface area contributed by atoms with E-state index in [0.717, 1.165) is 0 Å². The van der Waals surface area contributed by atoms with E-state index >= 15 is 0 Å². The number of oxazole rings is 1. The summed E-state index contributed by atoms with van der Waals surface area (Å²) in [6.45, 7) is 0.128. The molecule has 0 N–H and O–H groups in total. The lowest BCUT2D eigenvalue weighted by Gasteiger charge is -2.05.